The predicted octanol–water partition coefficient (Wildman–Crippen LogP) is 6.79. The van der Waals surface area contributed by atoms with Crippen LogP contribution < -0.4 is 52.7 Å². The zero-order valence-electron chi connectivity index (χ0n) is 77.7. The van der Waals surface area contributed by atoms with E-state index >= 15 is 0 Å². The van der Waals surface area contributed by atoms with Crippen molar-refractivity contribution >= 4 is 113 Å². The molecule has 810 valence electrons. The summed E-state index contributed by atoms with van der Waals surface area (Å²) in [7, 11) is 9.22. The fourth-order valence-electron chi connectivity index (χ4n) is 11.2. The number of rotatable bonds is 59. The van der Waals surface area contributed by atoms with Gasteiger partial charge in [0, 0.05) is 229 Å². The van der Waals surface area contributed by atoms with E-state index in [4.69, 9.17) is 42.7 Å². The Kier molecular flexibility index (Phi) is 98.7. The fourth-order valence-corrected chi connectivity index (χ4v) is 11.2. The van der Waals surface area contributed by atoms with Gasteiger partial charge in [0.25, 0.3) is 0 Å². The van der Waals surface area contributed by atoms with Crippen LogP contribution in [0.2, 0.25) is 0 Å². The number of hydroxylamine groups is 12. The molecular formula is C82H139Cl2F6Fe2N20O24Pt2-7. The zero-order chi connectivity index (χ0) is 104. The number of pyridine rings is 1. The van der Waals surface area contributed by atoms with E-state index in [1.165, 1.54) is 26.7 Å². The Hall–Kier alpha value is -7.19. The topological polar surface area (TPSA) is 678 Å². The Balaban J connectivity index is -0.000000377. The van der Waals surface area contributed by atoms with Gasteiger partial charge in [-0.2, -0.15) is 51.5 Å². The molecule has 2 fully saturated rings. The number of piperidine rings is 1. The van der Waals surface area contributed by atoms with Gasteiger partial charge in [0.05, 0.1) is 0 Å². The average molecular weight is 2480 g/mol. The van der Waals surface area contributed by atoms with Crippen molar-refractivity contribution < 1.29 is 216 Å². The van der Waals surface area contributed by atoms with Crippen LogP contribution in [0.3, 0.4) is 0 Å². The Morgan fingerprint density at radius 1 is 0.377 bits per heavy atom. The van der Waals surface area contributed by atoms with Crippen molar-refractivity contribution in [3.63, 3.8) is 0 Å². The van der Waals surface area contributed by atoms with E-state index < -0.39 is 59.7 Å². The third kappa shape index (κ3) is 92.5. The second-order valence-electron chi connectivity index (χ2n) is 30.4. The summed E-state index contributed by atoms with van der Waals surface area (Å²) in [5.41, 5.74) is 28.0. The second-order valence-corrected chi connectivity index (χ2v) is 30.4. The van der Waals surface area contributed by atoms with Crippen LogP contribution in [-0.2, 0) is 155 Å². The third-order valence-corrected chi connectivity index (χ3v) is 19.1. The molecule has 56 heteroatoms. The molecule has 2 atom stereocenters. The summed E-state index contributed by atoms with van der Waals surface area (Å²) >= 11 is 3.22. The molecule has 1 saturated heterocycles. The molecule has 0 radical (unpaired) electrons. The smallest absolute Gasteiger partial charge is 0 e. The van der Waals surface area contributed by atoms with Crippen LogP contribution in [0.1, 0.15) is 251 Å². The molecule has 0 spiro atoms. The molecule has 14 amide bonds. The normalized spacial score (nSPS) is 12.7. The number of aliphatic carboxylic acids is 2. The van der Waals surface area contributed by atoms with Crippen LogP contribution in [0.4, 0.5) is 26.3 Å². The summed E-state index contributed by atoms with van der Waals surface area (Å²) in [4.78, 5) is 188. The number of hydrogen-bond acceptors (Lipinski definition) is 25. The first kappa shape index (κ1) is 144. The Morgan fingerprint density at radius 3 is 0.812 bits per heavy atom. The minimum Gasteiger partial charge on any atom is -0.679 e. The molecule has 0 aromatic carbocycles. The molecule has 1 aromatic heterocycles. The number of halogens is 8. The van der Waals surface area contributed by atoms with Crippen LogP contribution in [0.25, 0.3) is 28.3 Å². The monoisotopic (exact) mass is 2470 g/mol. The van der Waals surface area contributed by atoms with E-state index in [9.17, 15) is 125 Å². The molecule has 3 rings (SSSR count). The van der Waals surface area contributed by atoms with E-state index in [1.54, 1.807) is 62.1 Å². The van der Waals surface area contributed by atoms with E-state index in [0.29, 0.717) is 204 Å². The predicted molar refractivity (Wildman–Crippen MR) is 471 cm³/mol. The van der Waals surface area contributed by atoms with Crippen molar-refractivity contribution in [1.29, 1.82) is 0 Å². The van der Waals surface area contributed by atoms with Crippen molar-refractivity contribution in [3.8, 4) is 0 Å². The third-order valence-electron chi connectivity index (χ3n) is 19.1. The standard InChI is InChI=1S/C35H63N8O10.C35H58N8O10.C6H12N2.2C2HF3O2.C2H6N2.2ClH.2Fe.2Pt/c2*1-28(44)41(51)24-8-2-5-20-38-31(46)13-15-34(49)43(53)26-10-4-7-21-39-32(47)14-16-35(50)42(52)25-9-3-6-19-37-30(45)11-12-33(48)40-27-29-17-22-36-23-18-29;7-5-3-1-2-4-6(5)8;2*3-2(4,5)1(6)7;3-1-2-4;;;;;;/h29,51-53H,2-27H2,1H3,(H,37,45)(H,38,46)(H,39,47)(H,40,48);17-18,22-23,51-53H,2-16,19-21,24-27H2,1H3,(H,37,45)(H,38,46)(H,39,47)(H,40,48);5-8H,1-4H2;2*(H,6,7);3-4H,1-2H2;2*1H;;;;/q-1;;-2;;;-2;;;;;2*+1/p-4/t;;5-,6-;;;;;;;;;/m..1........./s1. The summed E-state index contributed by atoms with van der Waals surface area (Å²) in [6, 6.07) is 3.43. The van der Waals surface area contributed by atoms with Crippen molar-refractivity contribution in [2.45, 2.75) is 276 Å². The van der Waals surface area contributed by atoms with Gasteiger partial charge in [-0.1, -0.05) is 38.5 Å². The number of alkyl halides is 6. The van der Waals surface area contributed by atoms with Gasteiger partial charge in [0.1, 0.15) is 11.9 Å². The first-order valence-electron chi connectivity index (χ1n) is 44.5. The quantitative estimate of drug-likeness (QED) is 0.0105. The van der Waals surface area contributed by atoms with Crippen molar-refractivity contribution in [2.24, 2.45) is 5.92 Å². The molecule has 138 heavy (non-hydrogen) atoms. The fraction of sp³-hybridized carbons (Fsp3) is 0.744. The molecule has 18 N–H and O–H groups in total. The molecule has 2 heterocycles. The number of unbranched alkanes of at least 4 members (excludes halogenated alkanes) is 12. The summed E-state index contributed by atoms with van der Waals surface area (Å²) < 4.78 is 63.1. The van der Waals surface area contributed by atoms with Gasteiger partial charge < -0.3 is 90.6 Å². The van der Waals surface area contributed by atoms with Gasteiger partial charge >= 0.3 is 68.7 Å². The Morgan fingerprint density at radius 2 is 0.594 bits per heavy atom. The maximum absolute atomic E-state index is 12.2. The largest absolute Gasteiger partial charge is 0.679 e. The molecule has 0 bridgehead atoms. The van der Waals surface area contributed by atoms with Gasteiger partial charge in [-0.25, -0.2) is 30.4 Å². The average Bonchev–Trinajstić information content (AvgIpc) is 0.958. The molecule has 1 saturated carbocycles. The SMILES string of the molecule is CC(=O)N(O)CCCCCNC(=O)CCC(=O)N(O)CCCCCNC(=O)CCC(=O)N(O)CCCCCNC(=O)CCC(=O)NCC1CC[N-]CC1.CC(=O)N(O)CCCCCNC(=O)CCC(=O)N(O)CCCCCNC(=O)CCC(=O)N(O)CCCCCNC(=O)CCC(=O)NCc1ccncc1.O=C([O-])C(F)(F)F.O=C([O-])C(F)(F)F.[Cl][Pt].[Cl][Pt].[Fe].[Fe].[NH-]CC[NH-].[NH-][C@@H]1CCCC[C@H]1[NH-]. The first-order chi connectivity index (χ1) is 64.4. The van der Waals surface area contributed by atoms with E-state index in [-0.39, 0.29) is 223 Å². The first-order valence-corrected chi connectivity index (χ1v) is 50.1. The number of carboxylic acids is 2. The van der Waals surface area contributed by atoms with Crippen molar-refractivity contribution in [1.82, 2.24) is 77.9 Å². The minimum atomic E-state index is -5.19. The van der Waals surface area contributed by atoms with Crippen LogP contribution >= 0.6 is 18.8 Å². The molecule has 1 aromatic rings. The van der Waals surface area contributed by atoms with E-state index in [0.717, 1.165) is 44.3 Å². The van der Waals surface area contributed by atoms with Crippen molar-refractivity contribution in [3.05, 3.63) is 58.3 Å². The molecule has 1 aliphatic carbocycles. The summed E-state index contributed by atoms with van der Waals surface area (Å²) in [5.74, 6) is -10.8. The Labute approximate surface area is 853 Å². The zero-order valence-corrected chi connectivity index (χ0v) is 86.0. The van der Waals surface area contributed by atoms with Gasteiger partial charge in [0.2, 0.25) is 82.7 Å². The number of hydrogen-bond donors (Lipinski definition) is 14. The molecule has 44 nitrogen and oxygen atoms in total. The van der Waals surface area contributed by atoms with E-state index in [1.807, 2.05) is 0 Å². The number of nitrogens with zero attached hydrogens (tertiary/aromatic N) is 8. The number of carbonyl (C=O) groups is 16. The van der Waals surface area contributed by atoms with Crippen LogP contribution in [0, 0.1) is 5.92 Å². The molecule has 2 aliphatic rings. The second kappa shape index (κ2) is 94.7. The van der Waals surface area contributed by atoms with Gasteiger partial charge in [-0.3, -0.25) is 103 Å². The molecular weight excluding hydrogens is 2340 g/mol. The summed E-state index contributed by atoms with van der Waals surface area (Å²) in [5, 5.41) is 106. The number of nitrogens with one attached hydrogen (secondary N) is 12. The van der Waals surface area contributed by atoms with Gasteiger partial charge in [0.15, 0.2) is 0 Å². The van der Waals surface area contributed by atoms with Gasteiger partial charge in [-0.05, 0) is 139 Å². The number of carboxylic acid groups (broad SMARTS) is 2. The molecule has 0 unspecified atom stereocenters. The summed E-state index contributed by atoms with van der Waals surface area (Å²) in [6.07, 6.45) is 9.59. The summed E-state index contributed by atoms with van der Waals surface area (Å²) in [6.45, 7) is 8.87. The van der Waals surface area contributed by atoms with Crippen LogP contribution in [0.15, 0.2) is 24.5 Å². The number of carbonyl (C=O) groups excluding carboxylic acids is 16. The van der Waals surface area contributed by atoms with Gasteiger partial charge in [-0.15, -0.1) is 13.1 Å². The number of aromatic nitrogens is 1. The van der Waals surface area contributed by atoms with E-state index in [2.05, 4.69) is 71.7 Å². The van der Waals surface area contributed by atoms with Crippen molar-refractivity contribution in [2.75, 3.05) is 111 Å². The Bertz CT molecular complexity index is 3450. The maximum Gasteiger partial charge on any atom is 0 e. The molecule has 1 aliphatic heterocycles. The minimum absolute atomic E-state index is 0. The maximum atomic E-state index is 12.2. The van der Waals surface area contributed by atoms with Crippen LogP contribution in [-0.4, -0.2) is 297 Å². The number of amides is 14. The van der Waals surface area contributed by atoms with Crippen LogP contribution in [0.5, 0.6) is 0 Å².